The molecule has 0 atom stereocenters. The molecule has 0 fully saturated rings. The second kappa shape index (κ2) is 6.50. The lowest BCUT2D eigenvalue weighted by molar-refractivity contribution is 0.723. The molecule has 110 valence electrons. The van der Waals surface area contributed by atoms with Gasteiger partial charge < -0.3 is 10.2 Å². The molecule has 2 aromatic carbocycles. The molecule has 0 bridgehead atoms. The lowest BCUT2D eigenvalue weighted by Crippen LogP contribution is -2.23. The Kier molecular flexibility index (Phi) is 4.47. The second-order valence-electron chi connectivity index (χ2n) is 5.51. The molecular formula is C18H21ClN2. The fraction of sp³-hybridized carbons (Fsp3) is 0.333. The summed E-state index contributed by atoms with van der Waals surface area (Å²) >= 11 is 6.24. The maximum Gasteiger partial charge on any atom is 0.0458 e. The SMILES string of the molecule is CNCCCN1c2ccccc2CCc2ccc(Cl)cc21. The molecule has 0 unspecified atom stereocenters. The molecule has 3 heteroatoms. The third kappa shape index (κ3) is 3.07. The van der Waals surface area contributed by atoms with Crippen molar-refractivity contribution in [2.24, 2.45) is 0 Å². The Hall–Kier alpha value is -1.51. The van der Waals surface area contributed by atoms with Crippen LogP contribution in [0.15, 0.2) is 42.5 Å². The zero-order valence-corrected chi connectivity index (χ0v) is 13.2. The Bertz CT molecular complexity index is 624. The normalized spacial score (nSPS) is 13.5. The van der Waals surface area contributed by atoms with Gasteiger partial charge in [0.25, 0.3) is 0 Å². The number of hydrogen-bond acceptors (Lipinski definition) is 2. The molecular weight excluding hydrogens is 280 g/mol. The van der Waals surface area contributed by atoms with E-state index in [1.807, 2.05) is 13.1 Å². The van der Waals surface area contributed by atoms with E-state index in [-0.39, 0.29) is 0 Å². The summed E-state index contributed by atoms with van der Waals surface area (Å²) in [7, 11) is 2.00. The summed E-state index contributed by atoms with van der Waals surface area (Å²) in [6.07, 6.45) is 3.27. The van der Waals surface area contributed by atoms with Gasteiger partial charge in [-0.2, -0.15) is 0 Å². The highest BCUT2D eigenvalue weighted by atomic mass is 35.5. The van der Waals surface area contributed by atoms with Crippen LogP contribution in [0.25, 0.3) is 0 Å². The Balaban J connectivity index is 2.03. The van der Waals surface area contributed by atoms with Crippen molar-refractivity contribution in [1.82, 2.24) is 5.32 Å². The topological polar surface area (TPSA) is 15.3 Å². The Morgan fingerprint density at radius 3 is 2.62 bits per heavy atom. The van der Waals surface area contributed by atoms with Gasteiger partial charge in [-0.25, -0.2) is 0 Å². The van der Waals surface area contributed by atoms with E-state index in [1.165, 1.54) is 22.5 Å². The van der Waals surface area contributed by atoms with Gasteiger partial charge in [0.05, 0.1) is 0 Å². The number of benzene rings is 2. The third-order valence-electron chi connectivity index (χ3n) is 4.09. The number of para-hydroxylation sites is 1. The minimum absolute atomic E-state index is 0.812. The maximum atomic E-state index is 6.24. The number of nitrogens with zero attached hydrogens (tertiary/aromatic N) is 1. The molecule has 1 aliphatic heterocycles. The van der Waals surface area contributed by atoms with Crippen LogP contribution in [-0.2, 0) is 12.8 Å². The average Bonchev–Trinajstić information content (AvgIpc) is 2.65. The average molecular weight is 301 g/mol. The summed E-state index contributed by atoms with van der Waals surface area (Å²) in [5, 5.41) is 4.04. The van der Waals surface area contributed by atoms with E-state index in [9.17, 15) is 0 Å². The first kappa shape index (κ1) is 14.4. The Labute approximate surface area is 131 Å². The van der Waals surface area contributed by atoms with Gasteiger partial charge in [0.15, 0.2) is 0 Å². The zero-order valence-electron chi connectivity index (χ0n) is 12.4. The van der Waals surface area contributed by atoms with Crippen LogP contribution in [0, 0.1) is 0 Å². The van der Waals surface area contributed by atoms with E-state index in [2.05, 4.69) is 46.6 Å². The minimum atomic E-state index is 0.812. The van der Waals surface area contributed by atoms with E-state index < -0.39 is 0 Å². The molecule has 0 saturated heterocycles. The van der Waals surface area contributed by atoms with Crippen LogP contribution in [0.4, 0.5) is 11.4 Å². The van der Waals surface area contributed by atoms with Crippen molar-refractivity contribution >= 4 is 23.0 Å². The van der Waals surface area contributed by atoms with Crippen molar-refractivity contribution in [2.45, 2.75) is 19.3 Å². The Morgan fingerprint density at radius 2 is 1.81 bits per heavy atom. The summed E-state index contributed by atoms with van der Waals surface area (Å²) in [5.41, 5.74) is 5.41. The summed E-state index contributed by atoms with van der Waals surface area (Å²) < 4.78 is 0. The quantitative estimate of drug-likeness (QED) is 0.852. The number of halogens is 1. The monoisotopic (exact) mass is 300 g/mol. The molecule has 2 aromatic rings. The lowest BCUT2D eigenvalue weighted by Gasteiger charge is -2.27. The summed E-state index contributed by atoms with van der Waals surface area (Å²) in [6.45, 7) is 2.03. The van der Waals surface area contributed by atoms with Gasteiger partial charge in [0, 0.05) is 22.9 Å². The number of nitrogens with one attached hydrogen (secondary N) is 1. The number of aryl methyl sites for hydroxylation is 2. The first-order valence-electron chi connectivity index (χ1n) is 7.58. The maximum absolute atomic E-state index is 6.24. The summed E-state index contributed by atoms with van der Waals surface area (Å²) in [5.74, 6) is 0. The fourth-order valence-electron chi connectivity index (χ4n) is 3.04. The number of hydrogen-bond donors (Lipinski definition) is 1. The minimum Gasteiger partial charge on any atom is -0.341 e. The van der Waals surface area contributed by atoms with Gasteiger partial charge in [-0.1, -0.05) is 35.9 Å². The largest absolute Gasteiger partial charge is 0.341 e. The fourth-order valence-corrected chi connectivity index (χ4v) is 3.21. The predicted octanol–water partition coefficient (Wildman–Crippen LogP) is 4.19. The highest BCUT2D eigenvalue weighted by molar-refractivity contribution is 6.30. The van der Waals surface area contributed by atoms with Crippen molar-refractivity contribution in [3.05, 3.63) is 58.6 Å². The van der Waals surface area contributed by atoms with Crippen molar-refractivity contribution in [1.29, 1.82) is 0 Å². The van der Waals surface area contributed by atoms with Crippen molar-refractivity contribution in [3.8, 4) is 0 Å². The van der Waals surface area contributed by atoms with Crippen molar-refractivity contribution in [2.75, 3.05) is 25.0 Å². The lowest BCUT2D eigenvalue weighted by atomic mass is 10.0. The van der Waals surface area contributed by atoms with Crippen LogP contribution in [0.5, 0.6) is 0 Å². The summed E-state index contributed by atoms with van der Waals surface area (Å²) in [6, 6.07) is 15.0. The molecule has 1 heterocycles. The molecule has 0 spiro atoms. The molecule has 2 nitrogen and oxygen atoms in total. The highest BCUT2D eigenvalue weighted by Crippen LogP contribution is 2.37. The van der Waals surface area contributed by atoms with Crippen LogP contribution < -0.4 is 10.2 Å². The number of rotatable bonds is 4. The molecule has 21 heavy (non-hydrogen) atoms. The van der Waals surface area contributed by atoms with Crippen LogP contribution >= 0.6 is 11.6 Å². The van der Waals surface area contributed by atoms with Gasteiger partial charge in [0.1, 0.15) is 0 Å². The molecule has 3 rings (SSSR count). The molecule has 1 aliphatic rings. The van der Waals surface area contributed by atoms with Gasteiger partial charge in [-0.3, -0.25) is 0 Å². The third-order valence-corrected chi connectivity index (χ3v) is 4.33. The first-order valence-corrected chi connectivity index (χ1v) is 7.96. The van der Waals surface area contributed by atoms with E-state index in [0.717, 1.165) is 37.4 Å². The van der Waals surface area contributed by atoms with E-state index in [4.69, 9.17) is 11.6 Å². The van der Waals surface area contributed by atoms with E-state index >= 15 is 0 Å². The van der Waals surface area contributed by atoms with Gasteiger partial charge >= 0.3 is 0 Å². The van der Waals surface area contributed by atoms with Crippen LogP contribution in [0.2, 0.25) is 5.02 Å². The molecule has 0 amide bonds. The number of fused-ring (bicyclic) bond motifs is 2. The van der Waals surface area contributed by atoms with E-state index in [0.29, 0.717) is 0 Å². The molecule has 0 saturated carbocycles. The molecule has 0 radical (unpaired) electrons. The first-order chi connectivity index (χ1) is 10.3. The van der Waals surface area contributed by atoms with Crippen molar-refractivity contribution < 1.29 is 0 Å². The predicted molar refractivity (Wildman–Crippen MR) is 90.9 cm³/mol. The standard InChI is InChI=1S/C18H21ClN2/c1-20-11-4-12-21-17-6-3-2-5-14(17)7-8-15-9-10-16(19)13-18(15)21/h2-3,5-6,9-10,13,20H,4,7-8,11-12H2,1H3. The number of anilines is 2. The van der Waals surface area contributed by atoms with Gasteiger partial charge in [-0.15, -0.1) is 0 Å². The van der Waals surface area contributed by atoms with Crippen LogP contribution in [0.3, 0.4) is 0 Å². The van der Waals surface area contributed by atoms with Crippen molar-refractivity contribution in [3.63, 3.8) is 0 Å². The van der Waals surface area contributed by atoms with Gasteiger partial charge in [0.2, 0.25) is 0 Å². The molecule has 1 N–H and O–H groups in total. The van der Waals surface area contributed by atoms with E-state index in [1.54, 1.807) is 0 Å². The molecule has 0 aromatic heterocycles. The zero-order chi connectivity index (χ0) is 14.7. The Morgan fingerprint density at radius 1 is 1.05 bits per heavy atom. The molecule has 0 aliphatic carbocycles. The smallest absolute Gasteiger partial charge is 0.0458 e. The van der Waals surface area contributed by atoms with Gasteiger partial charge in [-0.05, 0) is 62.2 Å². The summed E-state index contributed by atoms with van der Waals surface area (Å²) in [4.78, 5) is 2.43. The second-order valence-corrected chi connectivity index (χ2v) is 5.95. The van der Waals surface area contributed by atoms with Crippen LogP contribution in [0.1, 0.15) is 17.5 Å². The highest BCUT2D eigenvalue weighted by Gasteiger charge is 2.20. The van der Waals surface area contributed by atoms with Crippen LogP contribution in [-0.4, -0.2) is 20.1 Å².